The van der Waals surface area contributed by atoms with Crippen molar-refractivity contribution in [3.8, 4) is 11.1 Å². The van der Waals surface area contributed by atoms with Crippen molar-refractivity contribution in [2.75, 3.05) is 0 Å². The number of para-hydroxylation sites is 1. The highest BCUT2D eigenvalue weighted by Crippen LogP contribution is 2.41. The van der Waals surface area contributed by atoms with Gasteiger partial charge in [-0.2, -0.15) is 0 Å². The maximum Gasteiger partial charge on any atom is 0.159 e. The molecule has 212 valence electrons. The summed E-state index contributed by atoms with van der Waals surface area (Å²) in [7, 11) is 0. The molecule has 0 bridgehead atoms. The van der Waals surface area contributed by atoms with E-state index in [4.69, 9.17) is 14.4 Å². The van der Waals surface area contributed by atoms with E-state index in [1.54, 1.807) is 0 Å². The third kappa shape index (κ3) is 4.30. The average Bonchev–Trinajstić information content (AvgIpc) is 3.51. The molecule has 45 heavy (non-hydrogen) atoms. The SMILES string of the molecule is c1ccc(C2=NC(c3ccc(-c4ccc5ccc6ccccc6c5c4)c4oc5ccccc5c34)NC(c3ccccc3)=N2)cc1. The molecule has 0 amide bonds. The van der Waals surface area contributed by atoms with Crippen LogP contribution in [0.25, 0.3) is 54.6 Å². The molecule has 0 radical (unpaired) electrons. The van der Waals surface area contributed by atoms with E-state index in [1.165, 1.54) is 21.5 Å². The lowest BCUT2D eigenvalue weighted by molar-refractivity contribution is 0.663. The zero-order valence-electron chi connectivity index (χ0n) is 24.3. The molecule has 0 fully saturated rings. The fraction of sp³-hybridized carbons (Fsp3) is 0.0244. The smallest absolute Gasteiger partial charge is 0.159 e. The maximum atomic E-state index is 6.69. The van der Waals surface area contributed by atoms with Crippen LogP contribution in [0, 0.1) is 0 Å². The van der Waals surface area contributed by atoms with E-state index in [-0.39, 0.29) is 6.17 Å². The fourth-order valence-corrected chi connectivity index (χ4v) is 6.55. The Balaban J connectivity index is 1.26. The number of nitrogens with zero attached hydrogens (tertiary/aromatic N) is 2. The molecule has 4 heteroatoms. The van der Waals surface area contributed by atoms with Crippen molar-refractivity contribution in [3.05, 3.63) is 168 Å². The summed E-state index contributed by atoms with van der Waals surface area (Å²) >= 11 is 0. The van der Waals surface area contributed by atoms with Gasteiger partial charge in [0.05, 0.1) is 0 Å². The first-order valence-electron chi connectivity index (χ1n) is 15.2. The van der Waals surface area contributed by atoms with Gasteiger partial charge in [0, 0.05) is 33.0 Å². The molecule has 1 atom stereocenters. The largest absolute Gasteiger partial charge is 0.455 e. The number of fused-ring (bicyclic) bond motifs is 6. The summed E-state index contributed by atoms with van der Waals surface area (Å²) < 4.78 is 6.69. The standard InChI is InChI=1S/C41H27N3O/c1-3-12-28(13-4-1)39-42-40(29-14-5-2-6-15-29)44-41(43-39)34-24-23-32(38-37(34)33-17-9-10-18-36(33)45-38)30-22-21-27-20-19-26-11-7-8-16-31(26)35(27)25-30/h1-25,41H,(H,42,43,44). The van der Waals surface area contributed by atoms with Gasteiger partial charge in [-0.15, -0.1) is 0 Å². The number of aliphatic imine (C=N–C) groups is 2. The molecular weight excluding hydrogens is 550 g/mol. The first-order chi connectivity index (χ1) is 22.3. The Morgan fingerprint density at radius 1 is 0.533 bits per heavy atom. The number of hydrogen-bond donors (Lipinski definition) is 1. The van der Waals surface area contributed by atoms with Gasteiger partial charge in [0.25, 0.3) is 0 Å². The third-order valence-electron chi connectivity index (χ3n) is 8.73. The Bertz CT molecular complexity index is 2460. The first kappa shape index (κ1) is 25.5. The molecule has 0 saturated heterocycles. The molecule has 1 aliphatic heterocycles. The summed E-state index contributed by atoms with van der Waals surface area (Å²) in [5.74, 6) is 1.49. The van der Waals surface area contributed by atoms with Crippen LogP contribution in [0.2, 0.25) is 0 Å². The van der Waals surface area contributed by atoms with Crippen molar-refractivity contribution < 1.29 is 4.42 Å². The predicted molar refractivity (Wildman–Crippen MR) is 186 cm³/mol. The molecule has 2 heterocycles. The van der Waals surface area contributed by atoms with Crippen LogP contribution in [0.5, 0.6) is 0 Å². The van der Waals surface area contributed by atoms with Crippen molar-refractivity contribution in [3.63, 3.8) is 0 Å². The highest BCUT2D eigenvalue weighted by molar-refractivity contribution is 6.16. The van der Waals surface area contributed by atoms with Gasteiger partial charge in [-0.3, -0.25) is 0 Å². The molecule has 9 rings (SSSR count). The predicted octanol–water partition coefficient (Wildman–Crippen LogP) is 10.1. The minimum Gasteiger partial charge on any atom is -0.455 e. The van der Waals surface area contributed by atoms with E-state index in [0.717, 1.165) is 55.6 Å². The van der Waals surface area contributed by atoms with Gasteiger partial charge in [-0.1, -0.05) is 140 Å². The van der Waals surface area contributed by atoms with Gasteiger partial charge in [0.2, 0.25) is 0 Å². The minimum atomic E-state index is -0.369. The monoisotopic (exact) mass is 577 g/mol. The lowest BCUT2D eigenvalue weighted by atomic mass is 9.94. The van der Waals surface area contributed by atoms with Gasteiger partial charge >= 0.3 is 0 Å². The van der Waals surface area contributed by atoms with Crippen molar-refractivity contribution >= 4 is 55.2 Å². The second-order valence-corrected chi connectivity index (χ2v) is 11.4. The van der Waals surface area contributed by atoms with Gasteiger partial charge in [-0.05, 0) is 39.2 Å². The van der Waals surface area contributed by atoms with E-state index in [9.17, 15) is 0 Å². The van der Waals surface area contributed by atoms with E-state index < -0.39 is 0 Å². The molecule has 4 nitrogen and oxygen atoms in total. The molecule has 1 N–H and O–H groups in total. The lowest BCUT2D eigenvalue weighted by Gasteiger charge is -2.24. The van der Waals surface area contributed by atoms with E-state index in [0.29, 0.717) is 5.84 Å². The van der Waals surface area contributed by atoms with Crippen LogP contribution in [0.3, 0.4) is 0 Å². The Labute approximate surface area is 260 Å². The van der Waals surface area contributed by atoms with E-state index in [2.05, 4.69) is 108 Å². The number of furan rings is 1. The van der Waals surface area contributed by atoms with E-state index >= 15 is 0 Å². The molecule has 1 unspecified atom stereocenters. The fourth-order valence-electron chi connectivity index (χ4n) is 6.55. The van der Waals surface area contributed by atoms with Crippen molar-refractivity contribution in [1.29, 1.82) is 0 Å². The third-order valence-corrected chi connectivity index (χ3v) is 8.73. The number of rotatable bonds is 4. The molecule has 0 aliphatic carbocycles. The molecule has 7 aromatic carbocycles. The van der Waals surface area contributed by atoms with Crippen molar-refractivity contribution in [2.45, 2.75) is 6.17 Å². The normalized spacial score (nSPS) is 14.9. The van der Waals surface area contributed by atoms with Crippen LogP contribution in [0.4, 0.5) is 0 Å². The zero-order valence-corrected chi connectivity index (χ0v) is 24.3. The van der Waals surface area contributed by atoms with Crippen LogP contribution < -0.4 is 5.32 Å². The average molecular weight is 578 g/mol. The van der Waals surface area contributed by atoms with Gasteiger partial charge in [0.15, 0.2) is 5.84 Å². The van der Waals surface area contributed by atoms with E-state index in [1.807, 2.05) is 48.5 Å². The second kappa shape index (κ2) is 10.3. The van der Waals surface area contributed by atoms with Crippen LogP contribution in [-0.2, 0) is 0 Å². The number of hydrogen-bond acceptors (Lipinski definition) is 4. The summed E-state index contributed by atoms with van der Waals surface area (Å²) in [6, 6.07) is 52.7. The first-order valence-corrected chi connectivity index (χ1v) is 15.2. The number of nitrogens with one attached hydrogen (secondary N) is 1. The molecule has 8 aromatic rings. The molecule has 1 aliphatic rings. The Morgan fingerprint density at radius 3 is 2.02 bits per heavy atom. The van der Waals surface area contributed by atoms with Gasteiger partial charge in [0.1, 0.15) is 23.2 Å². The summed E-state index contributed by atoms with van der Waals surface area (Å²) in [5.41, 5.74) is 6.92. The minimum absolute atomic E-state index is 0.369. The van der Waals surface area contributed by atoms with Crippen LogP contribution in [0.15, 0.2) is 166 Å². The highest BCUT2D eigenvalue weighted by Gasteiger charge is 2.26. The second-order valence-electron chi connectivity index (χ2n) is 11.4. The molecule has 0 spiro atoms. The summed E-state index contributed by atoms with van der Waals surface area (Å²) in [5, 5.41) is 10.7. The Morgan fingerprint density at radius 2 is 1.20 bits per heavy atom. The molecular formula is C41H27N3O. The van der Waals surface area contributed by atoms with Crippen LogP contribution >= 0.6 is 0 Å². The Hall–Kier alpha value is -6.00. The summed E-state index contributed by atoms with van der Waals surface area (Å²) in [4.78, 5) is 10.2. The topological polar surface area (TPSA) is 49.9 Å². The highest BCUT2D eigenvalue weighted by atomic mass is 16.3. The molecule has 0 saturated carbocycles. The zero-order chi connectivity index (χ0) is 29.7. The quantitative estimate of drug-likeness (QED) is 0.212. The van der Waals surface area contributed by atoms with Crippen LogP contribution in [-0.4, -0.2) is 11.7 Å². The number of benzene rings is 7. The summed E-state index contributed by atoms with van der Waals surface area (Å²) in [6.45, 7) is 0. The lowest BCUT2D eigenvalue weighted by Crippen LogP contribution is -2.33. The van der Waals surface area contributed by atoms with Crippen molar-refractivity contribution in [2.24, 2.45) is 9.98 Å². The number of amidine groups is 2. The van der Waals surface area contributed by atoms with Crippen LogP contribution in [0.1, 0.15) is 22.9 Å². The Kier molecular flexibility index (Phi) is 5.85. The summed E-state index contributed by atoms with van der Waals surface area (Å²) in [6.07, 6.45) is -0.369. The van der Waals surface area contributed by atoms with Gasteiger partial charge < -0.3 is 9.73 Å². The molecule has 1 aromatic heterocycles. The van der Waals surface area contributed by atoms with Gasteiger partial charge in [-0.25, -0.2) is 9.98 Å². The maximum absolute atomic E-state index is 6.69. The van der Waals surface area contributed by atoms with Crippen molar-refractivity contribution in [1.82, 2.24) is 5.32 Å².